The molecule has 1 aliphatic heterocycles. The zero-order valence-corrected chi connectivity index (χ0v) is 11.1. The highest BCUT2D eigenvalue weighted by Gasteiger charge is 2.43. The molecule has 2 unspecified atom stereocenters. The molecule has 0 N–H and O–H groups in total. The molecule has 0 aromatic heterocycles. The highest BCUT2D eigenvalue weighted by atomic mass is 32.2. The highest BCUT2D eigenvalue weighted by molar-refractivity contribution is 7.96. The molecule has 0 radical (unpaired) electrons. The Morgan fingerprint density at radius 3 is 2.83 bits per heavy atom. The molecular weight excluding hydrogens is 246 g/mol. The van der Waals surface area contributed by atoms with Crippen LogP contribution in [0.3, 0.4) is 0 Å². The van der Waals surface area contributed by atoms with E-state index >= 15 is 0 Å². The van der Waals surface area contributed by atoms with Crippen molar-refractivity contribution in [2.45, 2.75) is 43.6 Å². The van der Waals surface area contributed by atoms with Gasteiger partial charge in [-0.15, -0.1) is 0 Å². The third kappa shape index (κ3) is 2.34. The van der Waals surface area contributed by atoms with Gasteiger partial charge in [-0.25, -0.2) is 9.10 Å². The third-order valence-corrected chi connectivity index (χ3v) is 4.77. The molecule has 1 aliphatic carbocycles. The quantitative estimate of drug-likeness (QED) is 0.780. The average Bonchev–Trinajstić information content (AvgIpc) is 2.73. The molecule has 3 nitrogen and oxygen atoms in total. The van der Waals surface area contributed by atoms with Gasteiger partial charge in [-0.3, -0.25) is 0 Å². The normalized spacial score (nSPS) is 26.9. The van der Waals surface area contributed by atoms with Crippen molar-refractivity contribution in [2.75, 3.05) is 0 Å². The Hall–Kier alpha value is -1.16. The van der Waals surface area contributed by atoms with E-state index in [9.17, 15) is 4.79 Å². The predicted octanol–water partition coefficient (Wildman–Crippen LogP) is 3.60. The van der Waals surface area contributed by atoms with Crippen LogP contribution in [-0.4, -0.2) is 22.5 Å². The molecule has 1 amide bonds. The topological polar surface area (TPSA) is 29.5 Å². The van der Waals surface area contributed by atoms with Gasteiger partial charge in [-0.05, 0) is 36.8 Å². The summed E-state index contributed by atoms with van der Waals surface area (Å²) in [6.07, 6.45) is 4.49. The number of carbonyl (C=O) groups excluding carboxylic acids is 1. The average molecular weight is 263 g/mol. The summed E-state index contributed by atoms with van der Waals surface area (Å²) >= 11 is 1.59. The summed E-state index contributed by atoms with van der Waals surface area (Å²) < 4.78 is 7.29. The van der Waals surface area contributed by atoms with Crippen LogP contribution < -0.4 is 0 Å². The number of hydrogen-bond acceptors (Lipinski definition) is 3. The Morgan fingerprint density at radius 1 is 1.22 bits per heavy atom. The number of benzene rings is 1. The summed E-state index contributed by atoms with van der Waals surface area (Å²) in [4.78, 5) is 11.8. The Balaban J connectivity index is 1.63. The van der Waals surface area contributed by atoms with E-state index < -0.39 is 0 Å². The first-order valence-electron chi connectivity index (χ1n) is 6.51. The number of carbonyl (C=O) groups is 1. The van der Waals surface area contributed by atoms with Crippen LogP contribution in [0.15, 0.2) is 30.3 Å². The summed E-state index contributed by atoms with van der Waals surface area (Å²) in [5, 5.41) is 0. The second kappa shape index (κ2) is 5.22. The van der Waals surface area contributed by atoms with Crippen LogP contribution in [0.5, 0.6) is 0 Å². The summed E-state index contributed by atoms with van der Waals surface area (Å²) in [6.45, 7) is 0. The summed E-state index contributed by atoms with van der Waals surface area (Å²) in [5.74, 6) is 0.832. The van der Waals surface area contributed by atoms with E-state index in [1.807, 2.05) is 22.5 Å². The smallest absolute Gasteiger partial charge is 0.420 e. The molecule has 3 rings (SSSR count). The van der Waals surface area contributed by atoms with Crippen molar-refractivity contribution in [3.63, 3.8) is 0 Å². The molecule has 1 heterocycles. The molecule has 1 aromatic carbocycles. The van der Waals surface area contributed by atoms with E-state index in [1.165, 1.54) is 18.4 Å². The maximum atomic E-state index is 11.8. The van der Waals surface area contributed by atoms with Gasteiger partial charge in [0.2, 0.25) is 0 Å². The number of fused-ring (bicyclic) bond motifs is 1. The van der Waals surface area contributed by atoms with E-state index in [1.54, 1.807) is 11.9 Å². The molecule has 96 valence electrons. The Bertz CT molecular complexity index is 423. The lowest BCUT2D eigenvalue weighted by Gasteiger charge is -2.26. The SMILES string of the molecule is O=C1OC2CCCCC2N1SCc1ccccc1. The number of nitrogens with zero attached hydrogens (tertiary/aromatic N) is 1. The molecule has 1 saturated heterocycles. The highest BCUT2D eigenvalue weighted by Crippen LogP contribution is 2.36. The Kier molecular flexibility index (Phi) is 3.46. The zero-order valence-electron chi connectivity index (χ0n) is 10.2. The lowest BCUT2D eigenvalue weighted by atomic mass is 9.93. The van der Waals surface area contributed by atoms with Gasteiger partial charge in [0.05, 0.1) is 6.04 Å². The Labute approximate surface area is 112 Å². The summed E-state index contributed by atoms with van der Waals surface area (Å²) in [6, 6.07) is 10.5. The molecule has 4 heteroatoms. The second-order valence-corrected chi connectivity index (χ2v) is 5.80. The molecule has 1 saturated carbocycles. The van der Waals surface area contributed by atoms with E-state index in [0.29, 0.717) is 6.04 Å². The van der Waals surface area contributed by atoms with Gasteiger partial charge in [0.1, 0.15) is 6.10 Å². The van der Waals surface area contributed by atoms with Crippen LogP contribution in [-0.2, 0) is 10.5 Å². The van der Waals surface area contributed by atoms with Crippen molar-refractivity contribution in [1.82, 2.24) is 4.31 Å². The fourth-order valence-corrected chi connectivity index (χ4v) is 3.73. The van der Waals surface area contributed by atoms with Crippen LogP contribution in [0.25, 0.3) is 0 Å². The van der Waals surface area contributed by atoms with Crippen molar-refractivity contribution >= 4 is 18.0 Å². The predicted molar refractivity (Wildman–Crippen MR) is 72.1 cm³/mol. The van der Waals surface area contributed by atoms with E-state index in [0.717, 1.165) is 18.6 Å². The number of amides is 1. The minimum atomic E-state index is -0.146. The van der Waals surface area contributed by atoms with Crippen molar-refractivity contribution in [2.24, 2.45) is 0 Å². The van der Waals surface area contributed by atoms with E-state index in [-0.39, 0.29) is 12.2 Å². The third-order valence-electron chi connectivity index (χ3n) is 3.61. The molecular formula is C14H17NO2S. The molecule has 2 fully saturated rings. The van der Waals surface area contributed by atoms with Crippen molar-refractivity contribution in [3.05, 3.63) is 35.9 Å². The lowest BCUT2D eigenvalue weighted by molar-refractivity contribution is 0.113. The van der Waals surface area contributed by atoms with Crippen LogP contribution in [0.4, 0.5) is 4.79 Å². The standard InChI is InChI=1S/C14H17NO2S/c16-14-15(12-8-4-5-9-13(12)17-14)18-10-11-6-2-1-3-7-11/h1-3,6-7,12-13H,4-5,8-10H2. The van der Waals surface area contributed by atoms with Crippen molar-refractivity contribution < 1.29 is 9.53 Å². The molecule has 0 spiro atoms. The second-order valence-electron chi connectivity index (χ2n) is 4.86. The Morgan fingerprint density at radius 2 is 2.00 bits per heavy atom. The maximum absolute atomic E-state index is 11.8. The molecule has 2 atom stereocenters. The largest absolute Gasteiger partial charge is 0.443 e. The minimum Gasteiger partial charge on any atom is -0.443 e. The van der Waals surface area contributed by atoms with Crippen LogP contribution in [0.2, 0.25) is 0 Å². The van der Waals surface area contributed by atoms with Gasteiger partial charge in [0.15, 0.2) is 0 Å². The lowest BCUT2D eigenvalue weighted by Crippen LogP contribution is -2.34. The van der Waals surface area contributed by atoms with Gasteiger partial charge in [-0.2, -0.15) is 0 Å². The van der Waals surface area contributed by atoms with E-state index in [2.05, 4.69) is 12.1 Å². The molecule has 18 heavy (non-hydrogen) atoms. The monoisotopic (exact) mass is 263 g/mol. The number of ether oxygens (including phenoxy) is 1. The van der Waals surface area contributed by atoms with Crippen molar-refractivity contribution in [3.8, 4) is 0 Å². The van der Waals surface area contributed by atoms with Gasteiger partial charge < -0.3 is 4.74 Å². The van der Waals surface area contributed by atoms with Gasteiger partial charge >= 0.3 is 6.09 Å². The van der Waals surface area contributed by atoms with E-state index in [4.69, 9.17) is 4.74 Å². The summed E-state index contributed by atoms with van der Waals surface area (Å²) in [7, 11) is 0. The first-order valence-corrected chi connectivity index (χ1v) is 7.45. The zero-order chi connectivity index (χ0) is 12.4. The molecule has 0 bridgehead atoms. The van der Waals surface area contributed by atoms with Gasteiger partial charge in [0, 0.05) is 5.75 Å². The molecule has 2 aliphatic rings. The van der Waals surface area contributed by atoms with Crippen LogP contribution in [0.1, 0.15) is 31.2 Å². The fourth-order valence-electron chi connectivity index (χ4n) is 2.67. The first kappa shape index (κ1) is 11.9. The van der Waals surface area contributed by atoms with Gasteiger partial charge in [0.25, 0.3) is 0 Å². The summed E-state index contributed by atoms with van der Waals surface area (Å²) in [5.41, 5.74) is 1.24. The van der Waals surface area contributed by atoms with Crippen LogP contribution >= 0.6 is 11.9 Å². The number of hydrogen-bond donors (Lipinski definition) is 0. The van der Waals surface area contributed by atoms with Crippen LogP contribution in [0, 0.1) is 0 Å². The molecule has 1 aromatic rings. The fraction of sp³-hybridized carbons (Fsp3) is 0.500. The minimum absolute atomic E-state index is 0.134. The van der Waals surface area contributed by atoms with Crippen molar-refractivity contribution in [1.29, 1.82) is 0 Å². The number of rotatable bonds is 3. The maximum Gasteiger partial charge on any atom is 0.420 e. The van der Waals surface area contributed by atoms with Gasteiger partial charge in [-0.1, -0.05) is 36.8 Å². The first-order chi connectivity index (χ1) is 8.84.